The van der Waals surface area contributed by atoms with Gasteiger partial charge in [0.1, 0.15) is 11.5 Å². The van der Waals surface area contributed by atoms with Crippen LogP contribution in [0, 0.1) is 18.2 Å². The number of nitrogens with zero attached hydrogens (tertiary/aromatic N) is 3. The molecule has 2 rings (SSSR count). The van der Waals surface area contributed by atoms with E-state index < -0.39 is 15.8 Å². The highest BCUT2D eigenvalue weighted by Gasteiger charge is 2.28. The van der Waals surface area contributed by atoms with E-state index in [2.05, 4.69) is 5.10 Å². The standard InChI is InChI=1S/C16H23FN4O2S.ClH/c1-12-8-19-21(9-12)15-6-5-13(7-14(15)17)24(22,23)20(4)11-16(2,3)10-18;/h5-9H,10-11,18H2,1-4H3;1H. The fourth-order valence-corrected chi connectivity index (χ4v) is 3.68. The number of hydrogen-bond donors (Lipinski definition) is 1. The molecule has 1 aromatic heterocycles. The lowest BCUT2D eigenvalue weighted by Gasteiger charge is -2.28. The molecule has 0 aliphatic carbocycles. The van der Waals surface area contributed by atoms with Gasteiger partial charge in [0.05, 0.1) is 11.1 Å². The summed E-state index contributed by atoms with van der Waals surface area (Å²) in [5.74, 6) is -0.648. The average molecular weight is 391 g/mol. The first-order valence-electron chi connectivity index (χ1n) is 7.54. The highest BCUT2D eigenvalue weighted by molar-refractivity contribution is 7.89. The Balaban J connectivity index is 0.00000312. The minimum atomic E-state index is -3.79. The van der Waals surface area contributed by atoms with Crippen molar-refractivity contribution >= 4 is 22.4 Å². The lowest BCUT2D eigenvalue weighted by molar-refractivity contribution is 0.292. The van der Waals surface area contributed by atoms with E-state index in [1.165, 1.54) is 28.2 Å². The van der Waals surface area contributed by atoms with Crippen molar-refractivity contribution in [3.8, 4) is 5.69 Å². The van der Waals surface area contributed by atoms with E-state index in [1.54, 1.807) is 12.4 Å². The van der Waals surface area contributed by atoms with Crippen molar-refractivity contribution in [3.05, 3.63) is 42.0 Å². The topological polar surface area (TPSA) is 81.2 Å². The molecule has 2 aromatic rings. The molecule has 0 saturated heterocycles. The van der Waals surface area contributed by atoms with Crippen LogP contribution in [-0.2, 0) is 10.0 Å². The molecule has 0 fully saturated rings. The number of benzene rings is 1. The lowest BCUT2D eigenvalue weighted by atomic mass is 9.94. The van der Waals surface area contributed by atoms with Crippen LogP contribution in [0.3, 0.4) is 0 Å². The zero-order valence-corrected chi connectivity index (χ0v) is 16.4. The number of hydrogen-bond acceptors (Lipinski definition) is 4. The van der Waals surface area contributed by atoms with Crippen LogP contribution in [0.5, 0.6) is 0 Å². The molecule has 0 aliphatic heterocycles. The minimum absolute atomic E-state index is 0. The lowest BCUT2D eigenvalue weighted by Crippen LogP contribution is -2.39. The van der Waals surface area contributed by atoms with E-state index in [0.29, 0.717) is 6.54 Å². The van der Waals surface area contributed by atoms with Crippen molar-refractivity contribution in [3.63, 3.8) is 0 Å². The summed E-state index contributed by atoms with van der Waals surface area (Å²) in [5, 5.41) is 4.04. The van der Waals surface area contributed by atoms with Crippen LogP contribution < -0.4 is 5.73 Å². The molecule has 0 aliphatic rings. The van der Waals surface area contributed by atoms with Gasteiger partial charge < -0.3 is 5.73 Å². The van der Waals surface area contributed by atoms with Crippen molar-refractivity contribution in [1.29, 1.82) is 0 Å². The molecule has 0 amide bonds. The second kappa shape index (κ2) is 7.82. The van der Waals surface area contributed by atoms with Crippen LogP contribution in [0.15, 0.2) is 35.5 Å². The molecule has 6 nitrogen and oxygen atoms in total. The van der Waals surface area contributed by atoms with Gasteiger partial charge in [-0.25, -0.2) is 21.8 Å². The predicted molar refractivity (Wildman–Crippen MR) is 98.2 cm³/mol. The van der Waals surface area contributed by atoms with E-state index in [4.69, 9.17) is 5.73 Å². The van der Waals surface area contributed by atoms with Gasteiger partial charge in [0.25, 0.3) is 0 Å². The Labute approximate surface area is 154 Å². The molecule has 2 N–H and O–H groups in total. The zero-order chi connectivity index (χ0) is 18.1. The Morgan fingerprint density at radius 1 is 1.36 bits per heavy atom. The summed E-state index contributed by atoms with van der Waals surface area (Å²) in [6.45, 7) is 6.19. The molecular weight excluding hydrogens is 367 g/mol. The molecular formula is C16H24ClFN4O2S. The summed E-state index contributed by atoms with van der Waals surface area (Å²) in [5.41, 5.74) is 6.37. The summed E-state index contributed by atoms with van der Waals surface area (Å²) in [7, 11) is -2.32. The number of rotatable bonds is 6. The summed E-state index contributed by atoms with van der Waals surface area (Å²) in [6, 6.07) is 3.82. The highest BCUT2D eigenvalue weighted by Crippen LogP contribution is 2.23. The van der Waals surface area contributed by atoms with Crippen LogP contribution in [0.2, 0.25) is 0 Å². The minimum Gasteiger partial charge on any atom is -0.330 e. The Morgan fingerprint density at radius 2 is 2.00 bits per heavy atom. The number of aromatic nitrogens is 2. The van der Waals surface area contributed by atoms with Gasteiger partial charge in [-0.1, -0.05) is 13.8 Å². The third kappa shape index (κ3) is 4.78. The maximum atomic E-state index is 14.4. The first kappa shape index (κ1) is 21.6. The summed E-state index contributed by atoms with van der Waals surface area (Å²) in [6.07, 6.45) is 3.27. The smallest absolute Gasteiger partial charge is 0.242 e. The predicted octanol–water partition coefficient (Wildman–Crippen LogP) is 2.35. The van der Waals surface area contributed by atoms with E-state index in [1.807, 2.05) is 20.8 Å². The van der Waals surface area contributed by atoms with Gasteiger partial charge in [-0.15, -0.1) is 12.4 Å². The fourth-order valence-electron chi connectivity index (χ4n) is 2.31. The van der Waals surface area contributed by atoms with Crippen LogP contribution in [0.25, 0.3) is 5.69 Å². The molecule has 0 atom stereocenters. The highest BCUT2D eigenvalue weighted by atomic mass is 35.5. The van der Waals surface area contributed by atoms with Gasteiger partial charge in [-0.2, -0.15) is 5.10 Å². The molecule has 25 heavy (non-hydrogen) atoms. The molecule has 0 unspecified atom stereocenters. The molecule has 140 valence electrons. The largest absolute Gasteiger partial charge is 0.330 e. The van der Waals surface area contributed by atoms with E-state index in [-0.39, 0.29) is 34.9 Å². The first-order chi connectivity index (χ1) is 11.1. The third-order valence-corrected chi connectivity index (χ3v) is 5.59. The summed E-state index contributed by atoms with van der Waals surface area (Å²) in [4.78, 5) is -0.0945. The quantitative estimate of drug-likeness (QED) is 0.820. The van der Waals surface area contributed by atoms with Gasteiger partial charge >= 0.3 is 0 Å². The van der Waals surface area contributed by atoms with Gasteiger partial charge in [0.15, 0.2) is 0 Å². The van der Waals surface area contributed by atoms with Crippen LogP contribution in [0.4, 0.5) is 4.39 Å². The number of nitrogens with two attached hydrogens (primary N) is 1. The molecule has 1 heterocycles. The Hall–Kier alpha value is -1.48. The Kier molecular flexibility index (Phi) is 6.74. The summed E-state index contributed by atoms with van der Waals surface area (Å²) < 4.78 is 42.2. The van der Waals surface area contributed by atoms with Crippen LogP contribution in [-0.4, -0.2) is 42.6 Å². The van der Waals surface area contributed by atoms with Crippen LogP contribution in [0.1, 0.15) is 19.4 Å². The van der Waals surface area contributed by atoms with Crippen molar-refractivity contribution in [1.82, 2.24) is 14.1 Å². The molecule has 0 saturated carbocycles. The zero-order valence-electron chi connectivity index (χ0n) is 14.7. The fraction of sp³-hybridized carbons (Fsp3) is 0.438. The first-order valence-corrected chi connectivity index (χ1v) is 8.98. The second-order valence-electron chi connectivity index (χ2n) is 6.70. The van der Waals surface area contributed by atoms with Crippen molar-refractivity contribution < 1.29 is 12.8 Å². The molecule has 0 radical (unpaired) electrons. The van der Waals surface area contributed by atoms with E-state index >= 15 is 0 Å². The molecule has 1 aromatic carbocycles. The van der Waals surface area contributed by atoms with Crippen LogP contribution >= 0.6 is 12.4 Å². The van der Waals surface area contributed by atoms with Gasteiger partial charge in [-0.3, -0.25) is 0 Å². The summed E-state index contributed by atoms with van der Waals surface area (Å²) >= 11 is 0. The molecule has 0 spiro atoms. The number of sulfonamides is 1. The number of aryl methyl sites for hydroxylation is 1. The average Bonchev–Trinajstić information content (AvgIpc) is 2.93. The monoisotopic (exact) mass is 390 g/mol. The van der Waals surface area contributed by atoms with Gasteiger partial charge in [-0.05, 0) is 42.6 Å². The maximum Gasteiger partial charge on any atom is 0.242 e. The van der Waals surface area contributed by atoms with Crippen molar-refractivity contribution in [2.24, 2.45) is 11.1 Å². The van der Waals surface area contributed by atoms with E-state index in [9.17, 15) is 12.8 Å². The van der Waals surface area contributed by atoms with E-state index in [0.717, 1.165) is 11.6 Å². The van der Waals surface area contributed by atoms with Crippen molar-refractivity contribution in [2.45, 2.75) is 25.7 Å². The van der Waals surface area contributed by atoms with Gasteiger partial charge in [0, 0.05) is 19.8 Å². The molecule has 0 bridgehead atoms. The Bertz CT molecular complexity index is 836. The second-order valence-corrected chi connectivity index (χ2v) is 8.75. The Morgan fingerprint density at radius 3 is 2.48 bits per heavy atom. The number of halogens is 2. The normalized spacial score (nSPS) is 12.3. The third-order valence-electron chi connectivity index (χ3n) is 3.79. The molecule has 9 heteroatoms. The maximum absolute atomic E-state index is 14.4. The van der Waals surface area contributed by atoms with Crippen molar-refractivity contribution in [2.75, 3.05) is 20.1 Å². The van der Waals surface area contributed by atoms with Gasteiger partial charge in [0.2, 0.25) is 10.0 Å². The SMILES string of the molecule is Cc1cnn(-c2ccc(S(=O)(=O)N(C)CC(C)(C)CN)cc2F)c1.Cl.